The second-order valence-electron chi connectivity index (χ2n) is 7.21. The number of amides is 2. The van der Waals surface area contributed by atoms with Crippen molar-refractivity contribution < 1.29 is 23.9 Å². The lowest BCUT2D eigenvalue weighted by molar-refractivity contribution is -0.150. The fraction of sp³-hybridized carbons (Fsp3) is 0.318. The van der Waals surface area contributed by atoms with Crippen molar-refractivity contribution in [2.45, 2.75) is 32.7 Å². The Morgan fingerprint density at radius 1 is 1.03 bits per heavy atom. The number of nitrogens with one attached hydrogen (secondary N) is 1. The van der Waals surface area contributed by atoms with Gasteiger partial charge in [-0.2, -0.15) is 0 Å². The molecule has 0 bridgehead atoms. The van der Waals surface area contributed by atoms with Gasteiger partial charge in [0.1, 0.15) is 11.3 Å². The Labute approximate surface area is 169 Å². The highest BCUT2D eigenvalue weighted by Gasteiger charge is 2.43. The molecule has 2 aromatic carbocycles. The van der Waals surface area contributed by atoms with Crippen molar-refractivity contribution in [1.82, 2.24) is 0 Å². The minimum atomic E-state index is -1.12. The van der Waals surface area contributed by atoms with Gasteiger partial charge in [0, 0.05) is 0 Å². The summed E-state index contributed by atoms with van der Waals surface area (Å²) in [6.45, 7) is 4.54. The molecule has 2 aromatic rings. The molecule has 29 heavy (non-hydrogen) atoms. The maximum absolute atomic E-state index is 12.8. The van der Waals surface area contributed by atoms with Gasteiger partial charge in [-0.15, -0.1) is 0 Å². The Hall–Kier alpha value is -3.35. The quantitative estimate of drug-likeness (QED) is 0.759. The number of carbonyl (C=O) groups excluding carboxylic acids is 3. The Morgan fingerprint density at radius 3 is 2.41 bits per heavy atom. The highest BCUT2D eigenvalue weighted by molar-refractivity contribution is 6.14. The predicted molar refractivity (Wildman–Crippen MR) is 109 cm³/mol. The van der Waals surface area contributed by atoms with Crippen LogP contribution in [0.5, 0.6) is 5.75 Å². The Balaban J connectivity index is 1.60. The SMILES string of the molecule is CCc1ccc(OCC(=O)OCC(=O)N2c3ccccc3NC(=O)C2(C)C)cc1. The summed E-state index contributed by atoms with van der Waals surface area (Å²) >= 11 is 0. The van der Waals surface area contributed by atoms with Crippen LogP contribution in [0.15, 0.2) is 48.5 Å². The summed E-state index contributed by atoms with van der Waals surface area (Å²) in [4.78, 5) is 38.6. The zero-order chi connectivity index (χ0) is 21.0. The van der Waals surface area contributed by atoms with Gasteiger partial charge in [-0.25, -0.2) is 4.79 Å². The van der Waals surface area contributed by atoms with Gasteiger partial charge in [0.05, 0.1) is 11.4 Å². The average Bonchev–Trinajstić information content (AvgIpc) is 2.71. The fourth-order valence-electron chi connectivity index (χ4n) is 3.11. The van der Waals surface area contributed by atoms with Crippen LogP contribution < -0.4 is 15.0 Å². The first kappa shape index (κ1) is 20.4. The predicted octanol–water partition coefficient (Wildman–Crippen LogP) is 2.93. The molecule has 0 spiro atoms. The third-order valence-electron chi connectivity index (χ3n) is 4.80. The Bertz CT molecular complexity index is 921. The number of ether oxygens (including phenoxy) is 2. The lowest BCUT2D eigenvalue weighted by Crippen LogP contribution is -2.59. The van der Waals surface area contributed by atoms with E-state index in [1.165, 1.54) is 10.5 Å². The molecule has 0 fully saturated rings. The lowest BCUT2D eigenvalue weighted by atomic mass is 9.96. The summed E-state index contributed by atoms with van der Waals surface area (Å²) in [5, 5.41) is 2.79. The fourth-order valence-corrected chi connectivity index (χ4v) is 3.11. The molecule has 7 heteroatoms. The highest BCUT2D eigenvalue weighted by atomic mass is 16.6. The number of esters is 1. The van der Waals surface area contributed by atoms with Crippen molar-refractivity contribution in [1.29, 1.82) is 0 Å². The molecule has 1 aliphatic rings. The third-order valence-corrected chi connectivity index (χ3v) is 4.80. The van der Waals surface area contributed by atoms with Gasteiger partial charge in [-0.3, -0.25) is 14.5 Å². The zero-order valence-corrected chi connectivity index (χ0v) is 16.7. The zero-order valence-electron chi connectivity index (χ0n) is 16.7. The van der Waals surface area contributed by atoms with E-state index in [1.54, 1.807) is 50.2 Å². The molecule has 2 amide bonds. The van der Waals surface area contributed by atoms with Crippen LogP contribution in [0.4, 0.5) is 11.4 Å². The van der Waals surface area contributed by atoms with E-state index < -0.39 is 24.0 Å². The van der Waals surface area contributed by atoms with Gasteiger partial charge in [0.15, 0.2) is 13.2 Å². The minimum Gasteiger partial charge on any atom is -0.482 e. The van der Waals surface area contributed by atoms with Gasteiger partial charge < -0.3 is 14.8 Å². The summed E-state index contributed by atoms with van der Waals surface area (Å²) in [5.74, 6) is -0.911. The molecule has 0 unspecified atom stereocenters. The average molecular weight is 396 g/mol. The summed E-state index contributed by atoms with van der Waals surface area (Å²) in [6.07, 6.45) is 0.915. The van der Waals surface area contributed by atoms with Crippen LogP contribution in [0, 0.1) is 0 Å². The van der Waals surface area contributed by atoms with Gasteiger partial charge >= 0.3 is 5.97 Å². The van der Waals surface area contributed by atoms with Gasteiger partial charge in [0.2, 0.25) is 5.91 Å². The van der Waals surface area contributed by atoms with E-state index in [2.05, 4.69) is 12.2 Å². The molecule has 1 heterocycles. The summed E-state index contributed by atoms with van der Waals surface area (Å²) in [5.41, 5.74) is 1.15. The molecule has 0 saturated heterocycles. The van der Waals surface area contributed by atoms with Crippen LogP contribution in [0.25, 0.3) is 0 Å². The Kier molecular flexibility index (Phi) is 5.87. The van der Waals surface area contributed by atoms with E-state index >= 15 is 0 Å². The van der Waals surface area contributed by atoms with Crippen molar-refractivity contribution in [2.24, 2.45) is 0 Å². The van der Waals surface area contributed by atoms with Crippen LogP contribution in [0.2, 0.25) is 0 Å². The smallest absolute Gasteiger partial charge is 0.344 e. The van der Waals surface area contributed by atoms with Crippen LogP contribution in [0.1, 0.15) is 26.3 Å². The molecule has 152 valence electrons. The van der Waals surface area contributed by atoms with Gasteiger partial charge in [0.25, 0.3) is 5.91 Å². The van der Waals surface area contributed by atoms with Crippen LogP contribution in [0.3, 0.4) is 0 Å². The van der Waals surface area contributed by atoms with Gasteiger partial charge in [-0.1, -0.05) is 31.2 Å². The number of aryl methyl sites for hydroxylation is 1. The van der Waals surface area contributed by atoms with Crippen LogP contribution >= 0.6 is 0 Å². The van der Waals surface area contributed by atoms with E-state index in [-0.39, 0.29) is 12.5 Å². The van der Waals surface area contributed by atoms with Crippen molar-refractivity contribution in [3.8, 4) is 5.75 Å². The van der Waals surface area contributed by atoms with E-state index in [1.807, 2.05) is 12.1 Å². The van der Waals surface area contributed by atoms with Crippen molar-refractivity contribution in [3.63, 3.8) is 0 Å². The number of benzene rings is 2. The van der Waals surface area contributed by atoms with E-state index in [9.17, 15) is 14.4 Å². The highest BCUT2D eigenvalue weighted by Crippen LogP contribution is 2.36. The molecule has 1 aliphatic heterocycles. The first-order valence-corrected chi connectivity index (χ1v) is 9.44. The molecular weight excluding hydrogens is 372 g/mol. The number of rotatable bonds is 6. The molecule has 1 N–H and O–H groups in total. The number of hydrogen-bond donors (Lipinski definition) is 1. The van der Waals surface area contributed by atoms with E-state index in [4.69, 9.17) is 9.47 Å². The number of nitrogens with zero attached hydrogens (tertiary/aromatic N) is 1. The molecule has 3 rings (SSSR count). The number of hydrogen-bond acceptors (Lipinski definition) is 5. The molecule has 0 aromatic heterocycles. The minimum absolute atomic E-state index is 0.306. The van der Waals surface area contributed by atoms with Crippen LogP contribution in [-0.2, 0) is 25.5 Å². The largest absolute Gasteiger partial charge is 0.482 e. The standard InChI is InChI=1S/C22H24N2O5/c1-4-15-9-11-16(12-10-15)28-14-20(26)29-13-19(25)24-18-8-6-5-7-17(18)23-21(27)22(24,2)3/h5-12H,4,13-14H2,1-3H3,(H,23,27). The summed E-state index contributed by atoms with van der Waals surface area (Å²) in [7, 11) is 0. The molecule has 0 saturated carbocycles. The van der Waals surface area contributed by atoms with E-state index in [0.717, 1.165) is 6.42 Å². The second kappa shape index (κ2) is 8.34. The summed E-state index contributed by atoms with van der Waals surface area (Å²) in [6, 6.07) is 14.4. The normalized spacial score (nSPS) is 14.6. The number of para-hydroxylation sites is 2. The van der Waals surface area contributed by atoms with Crippen molar-refractivity contribution in [2.75, 3.05) is 23.4 Å². The molecular formula is C22H24N2O5. The van der Waals surface area contributed by atoms with Crippen LogP contribution in [-0.4, -0.2) is 36.5 Å². The number of carbonyl (C=O) groups is 3. The second-order valence-corrected chi connectivity index (χ2v) is 7.21. The van der Waals surface area contributed by atoms with Crippen molar-refractivity contribution >= 4 is 29.2 Å². The molecule has 0 radical (unpaired) electrons. The van der Waals surface area contributed by atoms with E-state index in [0.29, 0.717) is 17.1 Å². The first-order chi connectivity index (χ1) is 13.8. The van der Waals surface area contributed by atoms with Gasteiger partial charge in [-0.05, 0) is 50.1 Å². The monoisotopic (exact) mass is 396 g/mol. The van der Waals surface area contributed by atoms with Crippen molar-refractivity contribution in [3.05, 3.63) is 54.1 Å². The Morgan fingerprint density at radius 2 is 1.72 bits per heavy atom. The maximum Gasteiger partial charge on any atom is 0.344 e. The molecule has 0 atom stereocenters. The first-order valence-electron chi connectivity index (χ1n) is 9.44. The molecule has 0 aliphatic carbocycles. The topological polar surface area (TPSA) is 84.9 Å². The number of anilines is 2. The third kappa shape index (κ3) is 4.39. The number of fused-ring (bicyclic) bond motifs is 1. The summed E-state index contributed by atoms with van der Waals surface area (Å²) < 4.78 is 10.5. The molecule has 7 nitrogen and oxygen atoms in total. The lowest BCUT2D eigenvalue weighted by Gasteiger charge is -2.41. The maximum atomic E-state index is 12.8.